The van der Waals surface area contributed by atoms with Crippen LogP contribution in [-0.2, 0) is 9.59 Å². The van der Waals surface area contributed by atoms with Gasteiger partial charge in [0.25, 0.3) is 0 Å². The largest absolute Gasteiger partial charge is 0.481 e. The van der Waals surface area contributed by atoms with Crippen molar-refractivity contribution >= 4 is 11.9 Å². The van der Waals surface area contributed by atoms with Gasteiger partial charge >= 0.3 is 5.97 Å². The molecule has 0 heterocycles. The van der Waals surface area contributed by atoms with Crippen LogP contribution in [0.2, 0.25) is 0 Å². The molecule has 3 N–H and O–H groups in total. The van der Waals surface area contributed by atoms with Gasteiger partial charge in [0.2, 0.25) is 5.91 Å². The maximum atomic E-state index is 14.4. The number of nitrogens with one attached hydrogen (secondary N) is 1. The van der Waals surface area contributed by atoms with Crippen LogP contribution in [-0.4, -0.2) is 34.7 Å². The van der Waals surface area contributed by atoms with E-state index in [0.29, 0.717) is 58.7 Å². The molecule has 0 aliphatic heterocycles. The van der Waals surface area contributed by atoms with Crippen LogP contribution in [0.15, 0.2) is 0 Å². The van der Waals surface area contributed by atoms with E-state index < -0.39 is 5.97 Å². The summed E-state index contributed by atoms with van der Waals surface area (Å²) in [7, 11) is 0. The molecule has 0 aromatic heterocycles. The van der Waals surface area contributed by atoms with Crippen molar-refractivity contribution in [2.24, 2.45) is 62.6 Å². The molecule has 0 aromatic carbocycles. The lowest BCUT2D eigenvalue weighted by atomic mass is 9.32. The highest BCUT2D eigenvalue weighted by Crippen LogP contribution is 2.77. The number of carboxylic acids is 1. The molecule has 5 heteroatoms. The number of aliphatic hydroxyl groups excluding tert-OH is 1. The topological polar surface area (TPSA) is 86.6 Å². The molecule has 5 aliphatic carbocycles. The Hall–Kier alpha value is -1.10. The normalized spacial score (nSPS) is 42.9. The quantitative estimate of drug-likeness (QED) is 0.175. The van der Waals surface area contributed by atoms with Gasteiger partial charge in [-0.25, -0.2) is 0 Å². The van der Waals surface area contributed by atoms with Gasteiger partial charge in [-0.2, -0.15) is 0 Å². The van der Waals surface area contributed by atoms with Gasteiger partial charge in [0.15, 0.2) is 0 Å². The predicted octanol–water partition coefficient (Wildman–Crippen LogP) is 9.80. The summed E-state index contributed by atoms with van der Waals surface area (Å²) in [6, 6.07) is 0. The Morgan fingerprint density at radius 1 is 0.717 bits per heavy atom. The molecule has 46 heavy (non-hydrogen) atoms. The van der Waals surface area contributed by atoms with Crippen LogP contribution in [0.5, 0.6) is 0 Å². The van der Waals surface area contributed by atoms with Gasteiger partial charge < -0.3 is 15.5 Å². The molecule has 5 fully saturated rings. The Morgan fingerprint density at radius 2 is 1.37 bits per heavy atom. The number of fused-ring (bicyclic) bond motifs is 7. The van der Waals surface area contributed by atoms with Crippen LogP contribution >= 0.6 is 0 Å². The average molecular weight is 642 g/mol. The summed E-state index contributed by atoms with van der Waals surface area (Å²) >= 11 is 0. The van der Waals surface area contributed by atoms with Crippen LogP contribution in [0.25, 0.3) is 0 Å². The van der Waals surface area contributed by atoms with E-state index in [4.69, 9.17) is 5.11 Å². The number of rotatable bonds is 13. The lowest BCUT2D eigenvalue weighted by molar-refractivity contribution is -0.248. The van der Waals surface area contributed by atoms with Crippen molar-refractivity contribution in [3.63, 3.8) is 0 Å². The summed E-state index contributed by atoms with van der Waals surface area (Å²) in [6.07, 6.45) is 20.6. The van der Waals surface area contributed by atoms with Crippen LogP contribution in [0.4, 0.5) is 0 Å². The van der Waals surface area contributed by atoms with E-state index in [1.165, 1.54) is 64.2 Å². The number of amides is 1. The Kier molecular flexibility index (Phi) is 10.7. The smallest absolute Gasteiger partial charge is 0.303 e. The summed E-state index contributed by atoms with van der Waals surface area (Å²) < 4.78 is 0. The van der Waals surface area contributed by atoms with Gasteiger partial charge in [-0.3, -0.25) is 9.59 Å². The standard InChI is InChI=1S/C41H71NO4/c1-28(2)29-19-24-41(36(46)42-27-15-13-11-9-8-10-12-14-16-34(44)45)26-25-39(6)30(35(29)41)17-18-32-38(5)22-21-33(43)37(3,4)31(38)20-23-40(32,39)7/h28-33,35,43H,8-27H2,1-7H3,(H,42,46)(H,44,45)/t29-,30?,31-,32+,33-,35+,38-,39+,40+,41-/m0/s1. The lowest BCUT2D eigenvalue weighted by Crippen LogP contribution is -2.67. The first-order chi connectivity index (χ1) is 21.6. The third kappa shape index (κ3) is 6.01. The van der Waals surface area contributed by atoms with Gasteiger partial charge in [-0.1, -0.05) is 87.0 Å². The molecule has 5 nitrogen and oxygen atoms in total. The minimum Gasteiger partial charge on any atom is -0.481 e. The average Bonchev–Trinajstić information content (AvgIpc) is 3.39. The van der Waals surface area contributed by atoms with Crippen LogP contribution in [0, 0.1) is 62.6 Å². The third-order valence-electron chi connectivity index (χ3n) is 16.4. The molecule has 0 radical (unpaired) electrons. The van der Waals surface area contributed by atoms with Gasteiger partial charge in [-0.15, -0.1) is 0 Å². The first-order valence-electron chi connectivity index (χ1n) is 19.8. The zero-order valence-corrected chi connectivity index (χ0v) is 30.9. The maximum Gasteiger partial charge on any atom is 0.303 e. The van der Waals surface area contributed by atoms with Crippen LogP contribution in [0.3, 0.4) is 0 Å². The van der Waals surface area contributed by atoms with E-state index in [2.05, 4.69) is 53.8 Å². The fourth-order valence-electron chi connectivity index (χ4n) is 13.6. The highest BCUT2D eigenvalue weighted by molar-refractivity contribution is 5.83. The summed E-state index contributed by atoms with van der Waals surface area (Å²) in [4.78, 5) is 25.0. The molecule has 0 bridgehead atoms. The Labute approximate surface area is 282 Å². The molecule has 0 saturated heterocycles. The van der Waals surface area contributed by atoms with E-state index >= 15 is 0 Å². The van der Waals surface area contributed by atoms with Crippen molar-refractivity contribution in [3.05, 3.63) is 0 Å². The van der Waals surface area contributed by atoms with E-state index in [0.717, 1.165) is 57.9 Å². The van der Waals surface area contributed by atoms with Crippen LogP contribution < -0.4 is 5.32 Å². The molecule has 1 unspecified atom stereocenters. The summed E-state index contributed by atoms with van der Waals surface area (Å²) in [5, 5.41) is 23.4. The summed E-state index contributed by atoms with van der Waals surface area (Å²) in [5.41, 5.74) is 0.662. The van der Waals surface area contributed by atoms with Gasteiger partial charge in [0.05, 0.1) is 11.5 Å². The van der Waals surface area contributed by atoms with Gasteiger partial charge in [0.1, 0.15) is 0 Å². The van der Waals surface area contributed by atoms with Crippen molar-refractivity contribution in [1.82, 2.24) is 5.32 Å². The van der Waals surface area contributed by atoms with Crippen molar-refractivity contribution in [2.75, 3.05) is 6.54 Å². The predicted molar refractivity (Wildman–Crippen MR) is 187 cm³/mol. The number of carbonyl (C=O) groups is 2. The monoisotopic (exact) mass is 642 g/mol. The van der Waals surface area contributed by atoms with E-state index in [1.54, 1.807) is 0 Å². The van der Waals surface area contributed by atoms with Crippen LogP contribution in [0.1, 0.15) is 170 Å². The van der Waals surface area contributed by atoms with E-state index in [1.807, 2.05) is 0 Å². The van der Waals surface area contributed by atoms with Crippen molar-refractivity contribution in [1.29, 1.82) is 0 Å². The first kappa shape index (κ1) is 36.2. The molecule has 5 rings (SSSR count). The van der Waals surface area contributed by atoms with E-state index in [9.17, 15) is 14.7 Å². The van der Waals surface area contributed by atoms with Gasteiger partial charge in [-0.05, 0) is 134 Å². The third-order valence-corrected chi connectivity index (χ3v) is 16.4. The highest BCUT2D eigenvalue weighted by Gasteiger charge is 2.71. The minimum atomic E-state index is -0.684. The summed E-state index contributed by atoms with van der Waals surface area (Å²) in [5.74, 6) is 3.38. The molecule has 1 amide bonds. The van der Waals surface area contributed by atoms with Crippen molar-refractivity contribution in [2.45, 2.75) is 177 Å². The molecule has 0 aromatic rings. The van der Waals surface area contributed by atoms with Crippen molar-refractivity contribution < 1.29 is 19.8 Å². The molecule has 5 aliphatic rings. The number of aliphatic carboxylic acids is 1. The highest BCUT2D eigenvalue weighted by atomic mass is 16.4. The number of hydrogen-bond donors (Lipinski definition) is 3. The number of carboxylic acid groups (broad SMARTS) is 1. The van der Waals surface area contributed by atoms with Gasteiger partial charge in [0, 0.05) is 13.0 Å². The zero-order chi connectivity index (χ0) is 33.5. The number of unbranched alkanes of at least 4 members (excludes halogenated alkanes) is 7. The zero-order valence-electron chi connectivity index (χ0n) is 30.9. The second-order valence-electron chi connectivity index (χ2n) is 18.9. The molecular weight excluding hydrogens is 570 g/mol. The van der Waals surface area contributed by atoms with Crippen molar-refractivity contribution in [3.8, 4) is 0 Å². The van der Waals surface area contributed by atoms with E-state index in [-0.39, 0.29) is 22.3 Å². The molecule has 0 spiro atoms. The molecule has 10 atom stereocenters. The number of hydrogen-bond acceptors (Lipinski definition) is 3. The second kappa shape index (κ2) is 13.7. The lowest BCUT2D eigenvalue weighted by Gasteiger charge is -2.73. The molecule has 264 valence electrons. The Bertz CT molecular complexity index is 1090. The fourth-order valence-corrected chi connectivity index (χ4v) is 13.6. The maximum absolute atomic E-state index is 14.4. The molecular formula is C41H71NO4. The summed E-state index contributed by atoms with van der Waals surface area (Å²) in [6.45, 7) is 18.3. The number of carbonyl (C=O) groups excluding carboxylic acids is 1. The number of aliphatic hydroxyl groups is 1. The fraction of sp³-hybridized carbons (Fsp3) is 0.951. The minimum absolute atomic E-state index is 0.0105. The Balaban J connectivity index is 1.24. The SMILES string of the molecule is CC(C)[C@@H]1CC[C@]2(C(=O)NCCCCCCCCCCC(=O)O)CC[C@]3(C)C(CC[C@@H]4[C@@]5(C)CC[C@H](O)C(C)(C)[C@@H]5CC[C@]43C)[C@@H]12. The first-order valence-corrected chi connectivity index (χ1v) is 19.8. The molecule has 5 saturated carbocycles. The second-order valence-corrected chi connectivity index (χ2v) is 18.9. The Morgan fingerprint density at radius 3 is 2.02 bits per heavy atom.